The van der Waals surface area contributed by atoms with E-state index in [0.29, 0.717) is 38.3 Å². The van der Waals surface area contributed by atoms with Gasteiger partial charge in [0, 0.05) is 62.5 Å². The maximum absolute atomic E-state index is 13.0. The van der Waals surface area contributed by atoms with Crippen molar-refractivity contribution in [1.29, 1.82) is 0 Å². The van der Waals surface area contributed by atoms with Gasteiger partial charge >= 0.3 is 0 Å². The molecule has 2 amide bonds. The first-order valence-corrected chi connectivity index (χ1v) is 13.4. The highest BCUT2D eigenvalue weighted by atomic mass is 79.9. The summed E-state index contributed by atoms with van der Waals surface area (Å²) in [7, 11) is -1.42. The number of halogens is 1. The average molecular weight is 531 g/mol. The molecule has 1 aromatic carbocycles. The summed E-state index contributed by atoms with van der Waals surface area (Å²) >= 11 is 3.45. The first kappa shape index (κ1) is 24.9. The van der Waals surface area contributed by atoms with Gasteiger partial charge in [-0.2, -0.15) is 0 Å². The van der Waals surface area contributed by atoms with Crippen LogP contribution in [0.2, 0.25) is 0 Å². The molecule has 1 aromatic rings. The molecular formula is C21H31BrN4O5S. The summed E-state index contributed by atoms with van der Waals surface area (Å²) < 4.78 is 32.1. The van der Waals surface area contributed by atoms with Crippen molar-refractivity contribution in [2.24, 2.45) is 5.92 Å². The number of piperidine rings is 1. The molecule has 0 spiro atoms. The second-order valence-electron chi connectivity index (χ2n) is 8.48. The van der Waals surface area contributed by atoms with E-state index >= 15 is 0 Å². The number of carbonyl (C=O) groups is 2. The molecule has 0 radical (unpaired) electrons. The second kappa shape index (κ2) is 11.0. The van der Waals surface area contributed by atoms with Gasteiger partial charge in [0.15, 0.2) is 0 Å². The van der Waals surface area contributed by atoms with E-state index in [4.69, 9.17) is 4.74 Å². The zero-order valence-electron chi connectivity index (χ0n) is 18.5. The van der Waals surface area contributed by atoms with E-state index in [-0.39, 0.29) is 36.8 Å². The fourth-order valence-corrected chi connectivity index (χ4v) is 4.78. The lowest BCUT2D eigenvalue weighted by molar-refractivity contribution is -0.139. The molecule has 11 heteroatoms. The van der Waals surface area contributed by atoms with Gasteiger partial charge in [-0.3, -0.25) is 9.59 Å². The van der Waals surface area contributed by atoms with E-state index in [1.54, 1.807) is 4.90 Å². The summed E-state index contributed by atoms with van der Waals surface area (Å²) in [6.45, 7) is 3.59. The number of sulfonamides is 1. The third-order valence-electron chi connectivity index (χ3n) is 5.88. The lowest BCUT2D eigenvalue weighted by Crippen LogP contribution is -2.52. The van der Waals surface area contributed by atoms with E-state index in [0.717, 1.165) is 23.8 Å². The van der Waals surface area contributed by atoms with Gasteiger partial charge in [-0.25, -0.2) is 13.1 Å². The van der Waals surface area contributed by atoms with Crippen LogP contribution in [0.15, 0.2) is 28.7 Å². The highest BCUT2D eigenvalue weighted by Crippen LogP contribution is 2.28. The summed E-state index contributed by atoms with van der Waals surface area (Å²) in [4.78, 5) is 31.3. The number of nitrogens with zero attached hydrogens (tertiary/aromatic N) is 3. The SMILES string of the molecule is CN1CCN(C(=O)C[C@H]2CN(C(=O)CNS(C)(=O)=O)CC[C@@H]2Oc2cccc(Br)c2)CC1. The van der Waals surface area contributed by atoms with Gasteiger partial charge in [-0.05, 0) is 25.2 Å². The Hall–Kier alpha value is -1.69. The molecule has 0 aromatic heterocycles. The van der Waals surface area contributed by atoms with Gasteiger partial charge in [0.25, 0.3) is 0 Å². The number of rotatable bonds is 7. The zero-order valence-corrected chi connectivity index (χ0v) is 20.9. The molecular weight excluding hydrogens is 500 g/mol. The molecule has 2 saturated heterocycles. The molecule has 0 saturated carbocycles. The third-order valence-corrected chi connectivity index (χ3v) is 7.04. The Morgan fingerprint density at radius 2 is 1.84 bits per heavy atom. The number of hydrogen-bond donors (Lipinski definition) is 1. The molecule has 9 nitrogen and oxygen atoms in total. The number of nitrogens with one attached hydrogen (secondary N) is 1. The van der Waals surface area contributed by atoms with Crippen molar-refractivity contribution in [3.05, 3.63) is 28.7 Å². The molecule has 2 fully saturated rings. The van der Waals surface area contributed by atoms with Crippen LogP contribution in [-0.4, -0.2) is 100 Å². The first-order valence-electron chi connectivity index (χ1n) is 10.7. The number of ether oxygens (including phenoxy) is 1. The maximum Gasteiger partial charge on any atom is 0.237 e. The molecule has 2 heterocycles. The molecule has 0 unspecified atom stereocenters. The number of carbonyl (C=O) groups excluding carboxylic acids is 2. The van der Waals surface area contributed by atoms with Crippen molar-refractivity contribution in [1.82, 2.24) is 19.4 Å². The van der Waals surface area contributed by atoms with Crippen LogP contribution in [0.3, 0.4) is 0 Å². The van der Waals surface area contributed by atoms with Crippen LogP contribution >= 0.6 is 15.9 Å². The van der Waals surface area contributed by atoms with Crippen LogP contribution in [0.4, 0.5) is 0 Å². The summed E-state index contributed by atoms with van der Waals surface area (Å²) in [5, 5.41) is 0. The molecule has 0 bridgehead atoms. The van der Waals surface area contributed by atoms with Crippen molar-refractivity contribution >= 4 is 37.8 Å². The normalized spacial score (nSPS) is 22.6. The Bertz CT molecular complexity index is 921. The predicted octanol–water partition coefficient (Wildman–Crippen LogP) is 0.758. The number of amides is 2. The molecule has 3 rings (SSSR count). The van der Waals surface area contributed by atoms with Crippen LogP contribution < -0.4 is 9.46 Å². The van der Waals surface area contributed by atoms with Crippen LogP contribution in [-0.2, 0) is 19.6 Å². The van der Waals surface area contributed by atoms with Crippen LogP contribution in [0.5, 0.6) is 5.75 Å². The number of benzene rings is 1. The van der Waals surface area contributed by atoms with Crippen molar-refractivity contribution < 1.29 is 22.7 Å². The van der Waals surface area contributed by atoms with Gasteiger partial charge < -0.3 is 19.4 Å². The minimum absolute atomic E-state index is 0.0644. The topological polar surface area (TPSA) is 99.3 Å². The van der Waals surface area contributed by atoms with E-state index < -0.39 is 10.0 Å². The average Bonchev–Trinajstić information content (AvgIpc) is 2.73. The molecule has 2 aliphatic rings. The minimum atomic E-state index is -3.46. The maximum atomic E-state index is 13.0. The minimum Gasteiger partial charge on any atom is -0.490 e. The van der Waals surface area contributed by atoms with Gasteiger partial charge in [0.1, 0.15) is 11.9 Å². The van der Waals surface area contributed by atoms with Crippen molar-refractivity contribution in [3.63, 3.8) is 0 Å². The van der Waals surface area contributed by atoms with E-state index in [1.807, 2.05) is 36.2 Å². The number of hydrogen-bond acceptors (Lipinski definition) is 6. The first-order chi connectivity index (χ1) is 15.1. The van der Waals surface area contributed by atoms with Gasteiger partial charge in [0.05, 0.1) is 12.8 Å². The van der Waals surface area contributed by atoms with Crippen LogP contribution in [0.25, 0.3) is 0 Å². The van der Waals surface area contributed by atoms with Crippen LogP contribution in [0.1, 0.15) is 12.8 Å². The summed E-state index contributed by atoms with van der Waals surface area (Å²) in [5.74, 6) is 0.292. The van der Waals surface area contributed by atoms with Crippen molar-refractivity contribution in [2.75, 3.05) is 59.1 Å². The van der Waals surface area contributed by atoms with Crippen molar-refractivity contribution in [3.8, 4) is 5.75 Å². The quantitative estimate of drug-likeness (QED) is 0.558. The summed E-state index contributed by atoms with van der Waals surface area (Å²) in [6.07, 6.45) is 1.66. The van der Waals surface area contributed by atoms with Gasteiger partial charge in [-0.1, -0.05) is 22.0 Å². The Balaban J connectivity index is 1.68. The fraction of sp³-hybridized carbons (Fsp3) is 0.619. The monoisotopic (exact) mass is 530 g/mol. The summed E-state index contributed by atoms with van der Waals surface area (Å²) in [5.41, 5.74) is 0. The zero-order chi connectivity index (χ0) is 23.3. The number of likely N-dealkylation sites (N-methyl/N-ethyl adjacent to an activating group) is 1. The fourth-order valence-electron chi connectivity index (χ4n) is 4.02. The van der Waals surface area contributed by atoms with E-state index in [1.165, 1.54) is 0 Å². The molecule has 178 valence electrons. The van der Waals surface area contributed by atoms with Gasteiger partial charge in [0.2, 0.25) is 21.8 Å². The van der Waals surface area contributed by atoms with Crippen molar-refractivity contribution in [2.45, 2.75) is 18.9 Å². The Kier molecular flexibility index (Phi) is 8.54. The Labute approximate surface area is 198 Å². The molecule has 0 aliphatic carbocycles. The number of likely N-dealkylation sites (tertiary alicyclic amines) is 1. The highest BCUT2D eigenvalue weighted by molar-refractivity contribution is 9.10. The van der Waals surface area contributed by atoms with E-state index in [2.05, 4.69) is 25.6 Å². The number of piperazine rings is 1. The lowest BCUT2D eigenvalue weighted by Gasteiger charge is -2.40. The highest BCUT2D eigenvalue weighted by Gasteiger charge is 2.35. The third kappa shape index (κ3) is 7.43. The Morgan fingerprint density at radius 1 is 1.12 bits per heavy atom. The molecule has 2 atom stereocenters. The summed E-state index contributed by atoms with van der Waals surface area (Å²) in [6, 6.07) is 7.56. The molecule has 32 heavy (non-hydrogen) atoms. The largest absolute Gasteiger partial charge is 0.490 e. The lowest BCUT2D eigenvalue weighted by atomic mass is 9.90. The molecule has 1 N–H and O–H groups in total. The smallest absolute Gasteiger partial charge is 0.237 e. The van der Waals surface area contributed by atoms with E-state index in [9.17, 15) is 18.0 Å². The second-order valence-corrected chi connectivity index (χ2v) is 11.2. The van der Waals surface area contributed by atoms with Gasteiger partial charge in [-0.15, -0.1) is 0 Å². The predicted molar refractivity (Wildman–Crippen MR) is 125 cm³/mol. The van der Waals surface area contributed by atoms with Crippen LogP contribution in [0, 0.1) is 5.92 Å². The standard InChI is InChI=1S/C21H31BrN4O5S/c1-24-8-10-25(11-9-24)20(27)12-16-15-26(21(28)14-23-32(2,29)30)7-6-19(16)31-18-5-3-4-17(22)13-18/h3-5,13,16,19,23H,6-12,14-15H2,1-2H3/t16-,19-/m0/s1. The molecule has 2 aliphatic heterocycles. The Morgan fingerprint density at radius 3 is 2.50 bits per heavy atom.